The van der Waals surface area contributed by atoms with Gasteiger partial charge in [0.2, 0.25) is 0 Å². The molecule has 1 saturated heterocycles. The third-order valence-electron chi connectivity index (χ3n) is 3.79. The summed E-state index contributed by atoms with van der Waals surface area (Å²) in [4.78, 5) is 4.49. The van der Waals surface area contributed by atoms with Gasteiger partial charge >= 0.3 is 0 Å². The van der Waals surface area contributed by atoms with Crippen LogP contribution in [0, 0.1) is 0 Å². The number of nitrogens with zero attached hydrogens (tertiary/aromatic N) is 2. The Hall–Kier alpha value is -1.40. The lowest BCUT2D eigenvalue weighted by Gasteiger charge is -2.21. The molecule has 1 aliphatic heterocycles. The van der Waals surface area contributed by atoms with E-state index in [9.17, 15) is 8.42 Å². The van der Waals surface area contributed by atoms with Crippen molar-refractivity contribution in [2.45, 2.75) is 25.3 Å². The molecule has 0 bridgehead atoms. The number of fused-ring (bicyclic) bond motifs is 1. The van der Waals surface area contributed by atoms with Gasteiger partial charge in [-0.25, -0.2) is 13.4 Å². The molecule has 2 N–H and O–H groups in total. The molecular weight excluding hydrogens is 262 g/mol. The molecule has 0 saturated carbocycles. The average Bonchev–Trinajstić information content (AvgIpc) is 2.82. The summed E-state index contributed by atoms with van der Waals surface area (Å²) in [7, 11) is -2.84. The summed E-state index contributed by atoms with van der Waals surface area (Å²) in [5.74, 6) is 1.68. The summed E-state index contributed by atoms with van der Waals surface area (Å²) < 4.78 is 25.1. The molecule has 19 heavy (non-hydrogen) atoms. The van der Waals surface area contributed by atoms with E-state index >= 15 is 0 Å². The van der Waals surface area contributed by atoms with E-state index < -0.39 is 9.84 Å². The molecule has 5 nitrogen and oxygen atoms in total. The summed E-state index contributed by atoms with van der Waals surface area (Å²) in [6, 6.07) is 5.95. The van der Waals surface area contributed by atoms with Crippen LogP contribution >= 0.6 is 0 Å². The number of sulfone groups is 1. The van der Waals surface area contributed by atoms with Crippen LogP contribution in [0.15, 0.2) is 24.4 Å². The Morgan fingerprint density at radius 2 is 2.05 bits per heavy atom. The first-order chi connectivity index (χ1) is 9.11. The predicted molar refractivity (Wildman–Crippen MR) is 73.7 cm³/mol. The molecule has 1 aliphatic rings. The highest BCUT2D eigenvalue weighted by molar-refractivity contribution is 7.91. The molecule has 102 valence electrons. The van der Waals surface area contributed by atoms with Gasteiger partial charge in [-0.1, -0.05) is 6.07 Å². The highest BCUT2D eigenvalue weighted by atomic mass is 32.2. The van der Waals surface area contributed by atoms with E-state index in [-0.39, 0.29) is 17.4 Å². The zero-order valence-electron chi connectivity index (χ0n) is 10.6. The predicted octanol–water partition coefficient (Wildman–Crippen LogP) is 1.09. The van der Waals surface area contributed by atoms with Gasteiger partial charge in [0.1, 0.15) is 15.7 Å². The molecule has 6 heteroatoms. The van der Waals surface area contributed by atoms with Gasteiger partial charge in [-0.2, -0.15) is 0 Å². The van der Waals surface area contributed by atoms with Gasteiger partial charge in [-0.3, -0.25) is 4.40 Å². The van der Waals surface area contributed by atoms with Gasteiger partial charge in [0, 0.05) is 18.2 Å². The van der Waals surface area contributed by atoms with Gasteiger partial charge in [-0.05, 0) is 25.0 Å². The first-order valence-corrected chi connectivity index (χ1v) is 8.28. The maximum Gasteiger partial charge on any atom is 0.150 e. The SMILES string of the molecule is NCc1cccc2cnc(C3CCS(=O)(=O)CC3)n12. The fourth-order valence-corrected chi connectivity index (χ4v) is 4.23. The van der Waals surface area contributed by atoms with E-state index in [4.69, 9.17) is 5.73 Å². The number of imidazole rings is 1. The second-order valence-electron chi connectivity index (χ2n) is 5.02. The molecule has 3 rings (SSSR count). The minimum absolute atomic E-state index is 0.207. The van der Waals surface area contributed by atoms with Crippen LogP contribution in [0.3, 0.4) is 0 Å². The Bertz CT molecular complexity index is 692. The van der Waals surface area contributed by atoms with Crippen molar-refractivity contribution < 1.29 is 8.42 Å². The molecule has 0 unspecified atom stereocenters. The molecule has 0 atom stereocenters. The van der Waals surface area contributed by atoms with Crippen LogP contribution in [0.4, 0.5) is 0 Å². The Balaban J connectivity index is 2.02. The van der Waals surface area contributed by atoms with Crippen LogP contribution in [0.25, 0.3) is 5.52 Å². The van der Waals surface area contributed by atoms with Gasteiger partial charge in [0.15, 0.2) is 0 Å². The maximum atomic E-state index is 11.5. The summed E-state index contributed by atoms with van der Waals surface area (Å²) >= 11 is 0. The van der Waals surface area contributed by atoms with Gasteiger partial charge in [0.25, 0.3) is 0 Å². The quantitative estimate of drug-likeness (QED) is 0.892. The number of aromatic nitrogens is 2. The molecular formula is C13H17N3O2S. The lowest BCUT2D eigenvalue weighted by atomic mass is 10.0. The van der Waals surface area contributed by atoms with E-state index in [1.807, 2.05) is 24.4 Å². The van der Waals surface area contributed by atoms with Crippen LogP contribution in [0.1, 0.15) is 30.3 Å². The van der Waals surface area contributed by atoms with Crippen LogP contribution in [0.2, 0.25) is 0 Å². The van der Waals surface area contributed by atoms with Crippen molar-refractivity contribution in [1.82, 2.24) is 9.38 Å². The van der Waals surface area contributed by atoms with Crippen LogP contribution in [0.5, 0.6) is 0 Å². The Labute approximate surface area is 112 Å². The van der Waals surface area contributed by atoms with E-state index in [2.05, 4.69) is 9.38 Å². The number of hydrogen-bond acceptors (Lipinski definition) is 4. The largest absolute Gasteiger partial charge is 0.325 e. The summed E-state index contributed by atoms with van der Waals surface area (Å²) in [6.45, 7) is 0.450. The first kappa shape index (κ1) is 12.6. The third kappa shape index (κ3) is 2.26. The summed E-state index contributed by atoms with van der Waals surface area (Å²) in [5, 5.41) is 0. The van der Waals surface area contributed by atoms with Gasteiger partial charge < -0.3 is 5.73 Å². The number of rotatable bonds is 2. The lowest BCUT2D eigenvalue weighted by molar-refractivity contribution is 0.534. The van der Waals surface area contributed by atoms with Crippen molar-refractivity contribution in [2.24, 2.45) is 5.73 Å². The molecule has 2 aromatic heterocycles. The topological polar surface area (TPSA) is 77.5 Å². The zero-order valence-corrected chi connectivity index (χ0v) is 11.4. The fourth-order valence-electron chi connectivity index (χ4n) is 2.74. The van der Waals surface area contributed by atoms with Crippen molar-refractivity contribution >= 4 is 15.4 Å². The monoisotopic (exact) mass is 279 g/mol. The minimum Gasteiger partial charge on any atom is -0.325 e. The second-order valence-corrected chi connectivity index (χ2v) is 7.33. The zero-order chi connectivity index (χ0) is 13.5. The van der Waals surface area contributed by atoms with Gasteiger partial charge in [0.05, 0.1) is 23.2 Å². The summed E-state index contributed by atoms with van der Waals surface area (Å²) in [5.41, 5.74) is 7.80. The number of pyridine rings is 1. The molecule has 1 fully saturated rings. The van der Waals surface area contributed by atoms with Crippen molar-refractivity contribution in [3.8, 4) is 0 Å². The standard InChI is InChI=1S/C13H17N3O2S/c14-8-11-2-1-3-12-9-15-13(16(11)12)10-4-6-19(17,18)7-5-10/h1-3,9-10H,4-8,14H2. The maximum absolute atomic E-state index is 11.5. The van der Waals surface area contributed by atoms with Crippen LogP contribution in [-0.2, 0) is 16.4 Å². The molecule has 0 radical (unpaired) electrons. The van der Waals surface area contributed by atoms with E-state index in [1.165, 1.54) is 0 Å². The van der Waals surface area contributed by atoms with Crippen molar-refractivity contribution in [3.63, 3.8) is 0 Å². The number of hydrogen-bond donors (Lipinski definition) is 1. The second kappa shape index (κ2) is 4.61. The summed E-state index contributed by atoms with van der Waals surface area (Å²) in [6.07, 6.45) is 3.14. The third-order valence-corrected chi connectivity index (χ3v) is 5.50. The Morgan fingerprint density at radius 3 is 2.74 bits per heavy atom. The molecule has 0 spiro atoms. The number of nitrogens with two attached hydrogens (primary N) is 1. The van der Waals surface area contributed by atoms with E-state index in [1.54, 1.807) is 0 Å². The van der Waals surface area contributed by atoms with Gasteiger partial charge in [-0.15, -0.1) is 0 Å². The minimum atomic E-state index is -2.84. The van der Waals surface area contributed by atoms with Crippen LogP contribution < -0.4 is 5.73 Å². The highest BCUT2D eigenvalue weighted by Gasteiger charge is 2.27. The first-order valence-electron chi connectivity index (χ1n) is 6.46. The average molecular weight is 279 g/mol. The van der Waals surface area contributed by atoms with Crippen molar-refractivity contribution in [2.75, 3.05) is 11.5 Å². The molecule has 0 amide bonds. The highest BCUT2D eigenvalue weighted by Crippen LogP contribution is 2.29. The Morgan fingerprint density at radius 1 is 1.32 bits per heavy atom. The smallest absolute Gasteiger partial charge is 0.150 e. The molecule has 0 aromatic carbocycles. The van der Waals surface area contributed by atoms with Crippen LogP contribution in [-0.4, -0.2) is 29.3 Å². The van der Waals surface area contributed by atoms with Crippen molar-refractivity contribution in [1.29, 1.82) is 0 Å². The normalized spacial score (nSPS) is 19.8. The van der Waals surface area contributed by atoms with E-state index in [0.717, 1.165) is 17.0 Å². The molecule has 2 aromatic rings. The fraction of sp³-hybridized carbons (Fsp3) is 0.462. The molecule has 3 heterocycles. The van der Waals surface area contributed by atoms with Crippen molar-refractivity contribution in [3.05, 3.63) is 35.9 Å². The molecule has 0 aliphatic carbocycles. The lowest BCUT2D eigenvalue weighted by Crippen LogP contribution is -2.23. The van der Waals surface area contributed by atoms with E-state index in [0.29, 0.717) is 19.4 Å². The Kier molecular flexibility index (Phi) is 3.06.